The summed E-state index contributed by atoms with van der Waals surface area (Å²) in [5, 5.41) is 0. The van der Waals surface area contributed by atoms with Gasteiger partial charge in [-0.2, -0.15) is 0 Å². The molecule has 1 rings (SSSR count). The largest absolute Gasteiger partial charge is 0.367 e. The Morgan fingerprint density at radius 1 is 1.35 bits per heavy atom. The number of hydrogen-bond donors (Lipinski definition) is 0. The summed E-state index contributed by atoms with van der Waals surface area (Å²) in [6.07, 6.45) is 6.65. The van der Waals surface area contributed by atoms with Crippen LogP contribution in [-0.2, 0) is 9.53 Å². The number of hydrogen-bond acceptors (Lipinski definition) is 2. The lowest BCUT2D eigenvalue weighted by molar-refractivity contribution is -0.130. The number of carbonyl (C=O) groups excluding carboxylic acids is 1. The molecule has 2 nitrogen and oxygen atoms in total. The molecule has 0 aromatic carbocycles. The molecular formula is C15H28O2. The Balaban J connectivity index is 2.58. The molecule has 0 aromatic heterocycles. The van der Waals surface area contributed by atoms with Gasteiger partial charge in [-0.1, -0.05) is 40.5 Å². The summed E-state index contributed by atoms with van der Waals surface area (Å²) in [4.78, 5) is 11.0. The van der Waals surface area contributed by atoms with Gasteiger partial charge in [0.05, 0.1) is 6.10 Å². The predicted molar refractivity (Wildman–Crippen MR) is 71.0 cm³/mol. The standard InChI is InChI=1S/C15H28O2/c1-5-6-13(10-16)17-15-9-12(4)7-8-14(15)11(2)3/h10-15H,5-9H2,1-4H3. The van der Waals surface area contributed by atoms with E-state index in [-0.39, 0.29) is 6.10 Å². The van der Waals surface area contributed by atoms with Gasteiger partial charge in [0.1, 0.15) is 12.4 Å². The molecule has 0 amide bonds. The zero-order chi connectivity index (χ0) is 12.8. The maximum absolute atomic E-state index is 11.0. The number of aldehydes is 1. The summed E-state index contributed by atoms with van der Waals surface area (Å²) in [5.41, 5.74) is 0. The molecule has 1 fully saturated rings. The molecule has 4 atom stereocenters. The normalized spacial score (nSPS) is 31.5. The van der Waals surface area contributed by atoms with Crippen molar-refractivity contribution in [1.29, 1.82) is 0 Å². The molecule has 0 spiro atoms. The van der Waals surface area contributed by atoms with Crippen molar-refractivity contribution in [3.63, 3.8) is 0 Å². The highest BCUT2D eigenvalue weighted by Crippen LogP contribution is 2.35. The quantitative estimate of drug-likeness (QED) is 0.659. The molecule has 0 heterocycles. The van der Waals surface area contributed by atoms with E-state index in [0.29, 0.717) is 17.9 Å². The van der Waals surface area contributed by atoms with E-state index in [1.165, 1.54) is 12.8 Å². The molecule has 4 unspecified atom stereocenters. The van der Waals surface area contributed by atoms with Gasteiger partial charge in [0, 0.05) is 0 Å². The second-order valence-electron chi connectivity index (χ2n) is 5.96. The van der Waals surface area contributed by atoms with Crippen LogP contribution in [0.15, 0.2) is 0 Å². The molecule has 1 aliphatic carbocycles. The number of ether oxygens (including phenoxy) is 1. The van der Waals surface area contributed by atoms with Crippen molar-refractivity contribution in [2.45, 2.75) is 72.0 Å². The SMILES string of the molecule is CCCC(C=O)OC1CC(C)CCC1C(C)C. The average molecular weight is 240 g/mol. The first-order valence-corrected chi connectivity index (χ1v) is 7.19. The topological polar surface area (TPSA) is 26.3 Å². The second-order valence-corrected chi connectivity index (χ2v) is 5.96. The minimum absolute atomic E-state index is 0.184. The van der Waals surface area contributed by atoms with Gasteiger partial charge < -0.3 is 9.53 Å². The van der Waals surface area contributed by atoms with E-state index in [4.69, 9.17) is 4.74 Å². The van der Waals surface area contributed by atoms with Crippen LogP contribution in [0.5, 0.6) is 0 Å². The summed E-state index contributed by atoms with van der Waals surface area (Å²) in [6, 6.07) is 0. The van der Waals surface area contributed by atoms with Crippen LogP contribution in [0.3, 0.4) is 0 Å². The first-order valence-electron chi connectivity index (χ1n) is 7.19. The van der Waals surface area contributed by atoms with Crippen molar-refractivity contribution in [3.8, 4) is 0 Å². The van der Waals surface area contributed by atoms with Gasteiger partial charge in [0.2, 0.25) is 0 Å². The van der Waals surface area contributed by atoms with Gasteiger partial charge in [0.15, 0.2) is 0 Å². The predicted octanol–water partition coefficient (Wildman–Crippen LogP) is 3.83. The third-order valence-corrected chi connectivity index (χ3v) is 4.04. The Hall–Kier alpha value is -0.370. The minimum atomic E-state index is -0.184. The van der Waals surface area contributed by atoms with Crippen molar-refractivity contribution in [2.24, 2.45) is 17.8 Å². The van der Waals surface area contributed by atoms with Crippen LogP contribution in [-0.4, -0.2) is 18.5 Å². The number of carbonyl (C=O) groups is 1. The fourth-order valence-electron chi connectivity index (χ4n) is 2.95. The molecule has 100 valence electrons. The molecule has 0 radical (unpaired) electrons. The molecule has 1 saturated carbocycles. The Kier molecular flexibility index (Phi) is 6.18. The third-order valence-electron chi connectivity index (χ3n) is 4.04. The fourth-order valence-corrected chi connectivity index (χ4v) is 2.95. The molecule has 0 bridgehead atoms. The monoisotopic (exact) mass is 240 g/mol. The summed E-state index contributed by atoms with van der Waals surface area (Å²) < 4.78 is 6.06. The fraction of sp³-hybridized carbons (Fsp3) is 0.933. The van der Waals surface area contributed by atoms with Crippen LogP contribution >= 0.6 is 0 Å². The number of rotatable bonds is 6. The van der Waals surface area contributed by atoms with E-state index in [2.05, 4.69) is 27.7 Å². The zero-order valence-corrected chi connectivity index (χ0v) is 11.8. The second kappa shape index (κ2) is 7.15. The lowest BCUT2D eigenvalue weighted by atomic mass is 9.75. The van der Waals surface area contributed by atoms with Gasteiger partial charge >= 0.3 is 0 Å². The van der Waals surface area contributed by atoms with E-state index in [1.807, 2.05) is 0 Å². The molecular weight excluding hydrogens is 212 g/mol. The molecule has 0 aromatic rings. The molecule has 0 aliphatic heterocycles. The average Bonchev–Trinajstić information content (AvgIpc) is 2.28. The highest BCUT2D eigenvalue weighted by molar-refractivity contribution is 5.55. The molecule has 0 saturated heterocycles. The maximum atomic E-state index is 11.0. The molecule has 1 aliphatic rings. The highest BCUT2D eigenvalue weighted by Gasteiger charge is 2.32. The van der Waals surface area contributed by atoms with Crippen LogP contribution in [0.4, 0.5) is 0 Å². The van der Waals surface area contributed by atoms with E-state index >= 15 is 0 Å². The van der Waals surface area contributed by atoms with Crippen molar-refractivity contribution >= 4 is 6.29 Å². The highest BCUT2D eigenvalue weighted by atomic mass is 16.5. The summed E-state index contributed by atoms with van der Waals surface area (Å²) in [6.45, 7) is 8.94. The molecule has 2 heteroatoms. The Morgan fingerprint density at radius 2 is 2.06 bits per heavy atom. The third kappa shape index (κ3) is 4.42. The minimum Gasteiger partial charge on any atom is -0.367 e. The van der Waals surface area contributed by atoms with Crippen LogP contribution in [0.2, 0.25) is 0 Å². The molecule has 0 N–H and O–H groups in total. The maximum Gasteiger partial charge on any atom is 0.148 e. The van der Waals surface area contributed by atoms with Gasteiger partial charge in [-0.15, -0.1) is 0 Å². The van der Waals surface area contributed by atoms with Gasteiger partial charge in [-0.25, -0.2) is 0 Å². The first kappa shape index (κ1) is 14.7. The van der Waals surface area contributed by atoms with Crippen molar-refractivity contribution in [1.82, 2.24) is 0 Å². The van der Waals surface area contributed by atoms with Crippen LogP contribution < -0.4 is 0 Å². The summed E-state index contributed by atoms with van der Waals surface area (Å²) in [7, 11) is 0. The van der Waals surface area contributed by atoms with Crippen molar-refractivity contribution in [3.05, 3.63) is 0 Å². The van der Waals surface area contributed by atoms with E-state index < -0.39 is 0 Å². The van der Waals surface area contributed by atoms with Crippen LogP contribution in [0.25, 0.3) is 0 Å². The van der Waals surface area contributed by atoms with Crippen molar-refractivity contribution < 1.29 is 9.53 Å². The van der Waals surface area contributed by atoms with Gasteiger partial charge in [-0.05, 0) is 37.0 Å². The van der Waals surface area contributed by atoms with Gasteiger partial charge in [0.25, 0.3) is 0 Å². The van der Waals surface area contributed by atoms with Crippen LogP contribution in [0, 0.1) is 17.8 Å². The smallest absolute Gasteiger partial charge is 0.148 e. The van der Waals surface area contributed by atoms with Crippen LogP contribution in [0.1, 0.15) is 59.8 Å². The summed E-state index contributed by atoms with van der Waals surface area (Å²) >= 11 is 0. The lowest BCUT2D eigenvalue weighted by Crippen LogP contribution is -2.37. The van der Waals surface area contributed by atoms with Crippen molar-refractivity contribution in [2.75, 3.05) is 0 Å². The zero-order valence-electron chi connectivity index (χ0n) is 11.8. The first-order chi connectivity index (χ1) is 8.08. The molecule has 17 heavy (non-hydrogen) atoms. The lowest BCUT2D eigenvalue weighted by Gasteiger charge is -2.38. The van der Waals surface area contributed by atoms with Gasteiger partial charge in [-0.3, -0.25) is 0 Å². The Morgan fingerprint density at radius 3 is 2.59 bits per heavy atom. The Bertz CT molecular complexity index is 225. The van der Waals surface area contributed by atoms with E-state index in [1.54, 1.807) is 0 Å². The summed E-state index contributed by atoms with van der Waals surface area (Å²) in [5.74, 6) is 2.02. The van der Waals surface area contributed by atoms with E-state index in [0.717, 1.165) is 31.5 Å². The van der Waals surface area contributed by atoms with E-state index in [9.17, 15) is 4.79 Å². The Labute approximate surface area is 106 Å².